The Morgan fingerprint density at radius 2 is 1.87 bits per heavy atom. The standard InChI is InChI=1S/C17H19N7O6/c25-14(8-11-3-5-12(6-4-11)23(26)27)21-22-17-15(24(28)29)16(19-10-20-17)18-9-13-2-1-7-30-13/h3-6,10,13H,1-2,7-9H2,(H,21,25)(H2,18,19,20,22). The first-order chi connectivity index (χ1) is 14.4. The highest BCUT2D eigenvalue weighted by atomic mass is 16.6. The van der Waals surface area contributed by atoms with Gasteiger partial charge in [-0.3, -0.25) is 35.9 Å². The van der Waals surface area contributed by atoms with Gasteiger partial charge in [0.05, 0.1) is 22.4 Å². The number of aromatic nitrogens is 2. The van der Waals surface area contributed by atoms with Crippen LogP contribution in [-0.4, -0.2) is 45.0 Å². The minimum atomic E-state index is -0.650. The largest absolute Gasteiger partial charge is 0.376 e. The minimum absolute atomic E-state index is 0.0117. The molecule has 1 saturated heterocycles. The van der Waals surface area contributed by atoms with E-state index in [1.54, 1.807) is 0 Å². The minimum Gasteiger partial charge on any atom is -0.376 e. The van der Waals surface area contributed by atoms with Gasteiger partial charge in [-0.25, -0.2) is 9.97 Å². The van der Waals surface area contributed by atoms with E-state index < -0.39 is 21.4 Å². The molecule has 158 valence electrons. The normalized spacial score (nSPS) is 15.4. The lowest BCUT2D eigenvalue weighted by atomic mass is 10.1. The summed E-state index contributed by atoms with van der Waals surface area (Å²) in [5, 5.41) is 25.1. The highest BCUT2D eigenvalue weighted by Gasteiger charge is 2.25. The van der Waals surface area contributed by atoms with Crippen LogP contribution in [0.25, 0.3) is 0 Å². The molecule has 1 amide bonds. The van der Waals surface area contributed by atoms with E-state index in [1.165, 1.54) is 24.3 Å². The molecule has 0 aliphatic carbocycles. The maximum Gasteiger partial charge on any atom is 0.354 e. The van der Waals surface area contributed by atoms with Crippen molar-refractivity contribution in [2.24, 2.45) is 0 Å². The Balaban J connectivity index is 1.62. The smallest absolute Gasteiger partial charge is 0.354 e. The van der Waals surface area contributed by atoms with Crippen LogP contribution in [0.5, 0.6) is 0 Å². The SMILES string of the molecule is O=C(Cc1ccc([N+](=O)[O-])cc1)NNc1ncnc(NCC2CCCO2)c1[N+](=O)[O-]. The number of ether oxygens (including phenoxy) is 1. The monoisotopic (exact) mass is 417 g/mol. The predicted octanol–water partition coefficient (Wildman–Crippen LogP) is 1.57. The van der Waals surface area contributed by atoms with E-state index >= 15 is 0 Å². The Hall–Kier alpha value is -3.87. The first kappa shape index (κ1) is 20.9. The molecule has 1 aromatic heterocycles. The Morgan fingerprint density at radius 3 is 2.50 bits per heavy atom. The number of non-ortho nitro benzene ring substituents is 1. The topological polar surface area (TPSA) is 174 Å². The molecule has 1 aliphatic rings. The summed E-state index contributed by atoms with van der Waals surface area (Å²) in [6.45, 7) is 1.02. The third-order valence-electron chi connectivity index (χ3n) is 4.36. The molecule has 1 aromatic carbocycles. The summed E-state index contributed by atoms with van der Waals surface area (Å²) < 4.78 is 5.48. The zero-order valence-electron chi connectivity index (χ0n) is 15.7. The highest BCUT2D eigenvalue weighted by molar-refractivity contribution is 5.81. The molecule has 2 aromatic rings. The maximum atomic E-state index is 12.1. The van der Waals surface area contributed by atoms with Crippen molar-refractivity contribution >= 4 is 28.9 Å². The molecular weight excluding hydrogens is 398 g/mol. The summed E-state index contributed by atoms with van der Waals surface area (Å²) in [4.78, 5) is 40.8. The number of nitrogens with zero attached hydrogens (tertiary/aromatic N) is 4. The number of benzene rings is 1. The summed E-state index contributed by atoms with van der Waals surface area (Å²) in [5.41, 5.74) is 4.82. The van der Waals surface area contributed by atoms with Gasteiger partial charge in [-0.2, -0.15) is 0 Å². The van der Waals surface area contributed by atoms with Crippen LogP contribution in [-0.2, 0) is 16.0 Å². The Kier molecular flexibility index (Phi) is 6.64. The first-order valence-electron chi connectivity index (χ1n) is 9.07. The van der Waals surface area contributed by atoms with Crippen LogP contribution in [0, 0.1) is 20.2 Å². The van der Waals surface area contributed by atoms with Crippen LogP contribution >= 0.6 is 0 Å². The molecule has 2 heterocycles. The number of hydrogen-bond donors (Lipinski definition) is 3. The Morgan fingerprint density at radius 1 is 1.13 bits per heavy atom. The Labute approximate surface area is 170 Å². The molecule has 1 aliphatic heterocycles. The van der Waals surface area contributed by atoms with Crippen molar-refractivity contribution in [2.45, 2.75) is 25.4 Å². The van der Waals surface area contributed by atoms with Crippen LogP contribution in [0.2, 0.25) is 0 Å². The molecule has 1 unspecified atom stereocenters. The number of nitrogens with one attached hydrogen (secondary N) is 3. The fourth-order valence-corrected chi connectivity index (χ4v) is 2.88. The average molecular weight is 417 g/mol. The number of anilines is 2. The third kappa shape index (κ3) is 5.35. The molecule has 13 nitrogen and oxygen atoms in total. The van der Waals surface area contributed by atoms with Crippen LogP contribution in [0.15, 0.2) is 30.6 Å². The van der Waals surface area contributed by atoms with Crippen LogP contribution in [0.1, 0.15) is 18.4 Å². The summed E-state index contributed by atoms with van der Waals surface area (Å²) in [6, 6.07) is 5.49. The van der Waals surface area contributed by atoms with E-state index in [9.17, 15) is 25.0 Å². The molecule has 0 spiro atoms. The van der Waals surface area contributed by atoms with Gasteiger partial charge in [0.2, 0.25) is 17.5 Å². The highest BCUT2D eigenvalue weighted by Crippen LogP contribution is 2.28. The summed E-state index contributed by atoms with van der Waals surface area (Å²) in [7, 11) is 0. The number of nitro benzene ring substituents is 1. The van der Waals surface area contributed by atoms with Gasteiger partial charge in [-0.05, 0) is 18.4 Å². The van der Waals surface area contributed by atoms with Gasteiger partial charge in [0.25, 0.3) is 5.69 Å². The van der Waals surface area contributed by atoms with Crippen molar-refractivity contribution in [3.8, 4) is 0 Å². The summed E-state index contributed by atoms with van der Waals surface area (Å²) in [6.07, 6.45) is 2.79. The van der Waals surface area contributed by atoms with E-state index in [-0.39, 0.29) is 29.8 Å². The second kappa shape index (κ2) is 9.56. The van der Waals surface area contributed by atoms with Gasteiger partial charge < -0.3 is 10.1 Å². The average Bonchev–Trinajstić information content (AvgIpc) is 3.24. The predicted molar refractivity (Wildman–Crippen MR) is 105 cm³/mol. The summed E-state index contributed by atoms with van der Waals surface area (Å²) >= 11 is 0. The lowest BCUT2D eigenvalue weighted by Crippen LogP contribution is -2.31. The zero-order valence-corrected chi connectivity index (χ0v) is 15.7. The van der Waals surface area contributed by atoms with E-state index in [4.69, 9.17) is 4.74 Å². The van der Waals surface area contributed by atoms with Crippen molar-refractivity contribution in [1.82, 2.24) is 15.4 Å². The van der Waals surface area contributed by atoms with Gasteiger partial charge in [0.15, 0.2) is 0 Å². The van der Waals surface area contributed by atoms with Crippen LogP contribution < -0.4 is 16.2 Å². The lowest BCUT2D eigenvalue weighted by Gasteiger charge is -2.13. The molecular formula is C17H19N7O6. The van der Waals surface area contributed by atoms with Gasteiger partial charge in [-0.15, -0.1) is 0 Å². The maximum absolute atomic E-state index is 12.1. The van der Waals surface area contributed by atoms with Crippen molar-refractivity contribution < 1.29 is 19.4 Å². The number of carbonyl (C=O) groups is 1. The molecule has 13 heteroatoms. The number of nitro groups is 2. The third-order valence-corrected chi connectivity index (χ3v) is 4.36. The van der Waals surface area contributed by atoms with Crippen LogP contribution in [0.3, 0.4) is 0 Å². The number of hydrazine groups is 1. The molecule has 0 radical (unpaired) electrons. The van der Waals surface area contributed by atoms with E-state index in [0.717, 1.165) is 19.2 Å². The van der Waals surface area contributed by atoms with E-state index in [2.05, 4.69) is 26.1 Å². The molecule has 3 N–H and O–H groups in total. The van der Waals surface area contributed by atoms with Gasteiger partial charge in [0, 0.05) is 25.3 Å². The molecule has 0 saturated carbocycles. The second-order valence-corrected chi connectivity index (χ2v) is 6.47. The van der Waals surface area contributed by atoms with Crippen molar-refractivity contribution in [1.29, 1.82) is 0 Å². The van der Waals surface area contributed by atoms with Crippen molar-refractivity contribution in [3.63, 3.8) is 0 Å². The molecule has 3 rings (SSSR count). The Bertz CT molecular complexity index is 931. The molecule has 1 atom stereocenters. The fourth-order valence-electron chi connectivity index (χ4n) is 2.88. The first-order valence-corrected chi connectivity index (χ1v) is 9.07. The molecule has 0 bridgehead atoms. The second-order valence-electron chi connectivity index (χ2n) is 6.47. The van der Waals surface area contributed by atoms with Crippen molar-refractivity contribution in [2.75, 3.05) is 23.9 Å². The van der Waals surface area contributed by atoms with Crippen LogP contribution in [0.4, 0.5) is 23.0 Å². The van der Waals surface area contributed by atoms with E-state index in [1.807, 2.05) is 0 Å². The lowest BCUT2D eigenvalue weighted by molar-refractivity contribution is -0.384. The zero-order chi connectivity index (χ0) is 21.5. The molecule has 30 heavy (non-hydrogen) atoms. The molecule has 1 fully saturated rings. The fraction of sp³-hybridized carbons (Fsp3) is 0.353. The van der Waals surface area contributed by atoms with E-state index in [0.29, 0.717) is 18.7 Å². The quantitative estimate of drug-likeness (QED) is 0.401. The van der Waals surface area contributed by atoms with Crippen molar-refractivity contribution in [3.05, 3.63) is 56.4 Å². The van der Waals surface area contributed by atoms with Gasteiger partial charge >= 0.3 is 5.69 Å². The number of rotatable bonds is 9. The number of carbonyl (C=O) groups excluding carboxylic acids is 1. The van der Waals surface area contributed by atoms with Gasteiger partial charge in [0.1, 0.15) is 6.33 Å². The number of hydrogen-bond acceptors (Lipinski definition) is 10. The summed E-state index contributed by atoms with van der Waals surface area (Å²) in [5.74, 6) is -0.676. The van der Waals surface area contributed by atoms with Gasteiger partial charge in [-0.1, -0.05) is 12.1 Å². The number of amides is 1.